The highest BCUT2D eigenvalue weighted by atomic mass is 14.3. The molecule has 0 aromatic heterocycles. The van der Waals surface area contributed by atoms with Crippen LogP contribution in [-0.2, 0) is 0 Å². The fourth-order valence-corrected chi connectivity index (χ4v) is 4.91. The molecule has 0 N–H and O–H groups in total. The van der Waals surface area contributed by atoms with Crippen LogP contribution in [0.3, 0.4) is 0 Å². The van der Waals surface area contributed by atoms with E-state index >= 15 is 0 Å². The Bertz CT molecular complexity index is 295. The standard InChI is InChI=1S/C15H30.C15H32/c1-3-4-5-6-7-8-9-10-11-15-12-14(2)13-15;1-4-5-6-7-8-9-10-11-12-13-14-15(2)3/h14-15H,3-13H2,1-2H3;15H,4-14H2,1-3H3. The molecule has 0 atom stereocenters. The third kappa shape index (κ3) is 22.7. The molecule has 0 aromatic carbocycles. The van der Waals surface area contributed by atoms with E-state index in [4.69, 9.17) is 0 Å². The second-order valence-electron chi connectivity index (χ2n) is 11.1. The van der Waals surface area contributed by atoms with Crippen LogP contribution in [0, 0.1) is 17.8 Å². The van der Waals surface area contributed by atoms with Crippen LogP contribution in [0.4, 0.5) is 0 Å². The Kier molecular flexibility index (Phi) is 23.7. The number of hydrogen-bond donors (Lipinski definition) is 0. The summed E-state index contributed by atoms with van der Waals surface area (Å²) in [5, 5.41) is 0. The van der Waals surface area contributed by atoms with Crippen molar-refractivity contribution in [2.24, 2.45) is 17.8 Å². The van der Waals surface area contributed by atoms with Crippen molar-refractivity contribution >= 4 is 0 Å². The maximum absolute atomic E-state index is 2.39. The average molecular weight is 423 g/mol. The molecule has 0 aliphatic heterocycles. The Labute approximate surface area is 193 Å². The Morgan fingerprint density at radius 1 is 0.533 bits per heavy atom. The van der Waals surface area contributed by atoms with Gasteiger partial charge >= 0.3 is 0 Å². The van der Waals surface area contributed by atoms with Gasteiger partial charge in [0.2, 0.25) is 0 Å². The summed E-state index contributed by atoms with van der Waals surface area (Å²) in [7, 11) is 0. The van der Waals surface area contributed by atoms with Gasteiger partial charge in [0.1, 0.15) is 0 Å². The molecule has 0 amide bonds. The first-order valence-electron chi connectivity index (χ1n) is 14.6. The van der Waals surface area contributed by atoms with Gasteiger partial charge in [-0.1, -0.05) is 163 Å². The van der Waals surface area contributed by atoms with Gasteiger partial charge in [-0.05, 0) is 30.6 Å². The largest absolute Gasteiger partial charge is 0.0654 e. The summed E-state index contributed by atoms with van der Waals surface area (Å²) < 4.78 is 0. The van der Waals surface area contributed by atoms with Crippen LogP contribution in [0.15, 0.2) is 0 Å². The van der Waals surface area contributed by atoms with E-state index in [1.807, 2.05) is 0 Å². The van der Waals surface area contributed by atoms with E-state index in [-0.39, 0.29) is 0 Å². The molecule has 0 radical (unpaired) electrons. The van der Waals surface area contributed by atoms with Gasteiger partial charge in [0, 0.05) is 0 Å². The molecule has 1 rings (SSSR count). The first-order valence-corrected chi connectivity index (χ1v) is 14.6. The van der Waals surface area contributed by atoms with Crippen molar-refractivity contribution in [2.75, 3.05) is 0 Å². The minimum Gasteiger partial charge on any atom is -0.0654 e. The van der Waals surface area contributed by atoms with Crippen LogP contribution < -0.4 is 0 Å². The number of unbranched alkanes of at least 4 members (excludes halogenated alkanes) is 16. The predicted molar refractivity (Wildman–Crippen MR) is 140 cm³/mol. The maximum Gasteiger partial charge on any atom is -0.0409 e. The highest BCUT2D eigenvalue weighted by Gasteiger charge is 2.24. The molecule has 0 nitrogen and oxygen atoms in total. The Morgan fingerprint density at radius 3 is 1.27 bits per heavy atom. The zero-order valence-corrected chi connectivity index (χ0v) is 22.3. The second kappa shape index (κ2) is 23.7. The monoisotopic (exact) mass is 422 g/mol. The summed E-state index contributed by atoms with van der Waals surface area (Å²) in [5.74, 6) is 3.06. The van der Waals surface area contributed by atoms with Crippen LogP contribution in [0.2, 0.25) is 0 Å². The van der Waals surface area contributed by atoms with Crippen molar-refractivity contribution in [1.29, 1.82) is 0 Å². The Morgan fingerprint density at radius 2 is 0.900 bits per heavy atom. The van der Waals surface area contributed by atoms with Crippen LogP contribution >= 0.6 is 0 Å². The number of hydrogen-bond acceptors (Lipinski definition) is 0. The maximum atomic E-state index is 2.39. The molecule has 0 spiro atoms. The summed E-state index contributed by atoms with van der Waals surface area (Å²) in [4.78, 5) is 0. The van der Waals surface area contributed by atoms with Crippen molar-refractivity contribution in [3.8, 4) is 0 Å². The summed E-state index contributed by atoms with van der Waals surface area (Å²) in [5.41, 5.74) is 0. The van der Waals surface area contributed by atoms with Gasteiger partial charge in [-0.25, -0.2) is 0 Å². The first-order chi connectivity index (χ1) is 14.6. The van der Waals surface area contributed by atoms with E-state index in [0.717, 1.165) is 17.8 Å². The van der Waals surface area contributed by atoms with Crippen LogP contribution in [0.25, 0.3) is 0 Å². The quantitative estimate of drug-likeness (QED) is 0.171. The molecule has 0 heterocycles. The molecule has 30 heavy (non-hydrogen) atoms. The second-order valence-corrected chi connectivity index (χ2v) is 11.1. The molecule has 0 saturated heterocycles. The molecule has 1 fully saturated rings. The third-order valence-electron chi connectivity index (χ3n) is 7.07. The Balaban J connectivity index is 0.000000561. The van der Waals surface area contributed by atoms with Crippen molar-refractivity contribution < 1.29 is 0 Å². The zero-order chi connectivity index (χ0) is 22.3. The van der Waals surface area contributed by atoms with Crippen LogP contribution in [-0.4, -0.2) is 0 Å². The van der Waals surface area contributed by atoms with Gasteiger partial charge in [0.05, 0.1) is 0 Å². The van der Waals surface area contributed by atoms with Gasteiger partial charge in [-0.3, -0.25) is 0 Å². The lowest BCUT2D eigenvalue weighted by atomic mass is 9.74. The molecule has 1 aliphatic rings. The van der Waals surface area contributed by atoms with E-state index in [1.54, 1.807) is 0 Å². The summed E-state index contributed by atoms with van der Waals surface area (Å²) in [6.07, 6.45) is 32.3. The summed E-state index contributed by atoms with van der Waals surface area (Å²) >= 11 is 0. The highest BCUT2D eigenvalue weighted by molar-refractivity contribution is 4.75. The molecule has 182 valence electrons. The van der Waals surface area contributed by atoms with E-state index in [2.05, 4.69) is 34.6 Å². The lowest BCUT2D eigenvalue weighted by molar-refractivity contribution is 0.195. The van der Waals surface area contributed by atoms with Crippen LogP contribution in [0.1, 0.15) is 176 Å². The third-order valence-corrected chi connectivity index (χ3v) is 7.07. The molecular weight excluding hydrogens is 360 g/mol. The number of rotatable bonds is 20. The van der Waals surface area contributed by atoms with Gasteiger partial charge < -0.3 is 0 Å². The van der Waals surface area contributed by atoms with Gasteiger partial charge in [0.25, 0.3) is 0 Å². The predicted octanol–water partition coefficient (Wildman–Crippen LogP) is 11.5. The van der Waals surface area contributed by atoms with E-state index in [9.17, 15) is 0 Å². The fraction of sp³-hybridized carbons (Fsp3) is 1.00. The highest BCUT2D eigenvalue weighted by Crippen LogP contribution is 2.36. The zero-order valence-electron chi connectivity index (χ0n) is 22.3. The van der Waals surface area contributed by atoms with Crippen molar-refractivity contribution in [2.45, 2.75) is 176 Å². The SMILES string of the molecule is CCCCCCCCCCC1CC(C)C1.CCCCCCCCCCCCC(C)C. The molecule has 0 aromatic rings. The van der Waals surface area contributed by atoms with E-state index in [1.165, 1.54) is 141 Å². The molecule has 0 bridgehead atoms. The summed E-state index contributed by atoms with van der Waals surface area (Å²) in [6.45, 7) is 11.6. The minimum atomic E-state index is 0.902. The smallest absolute Gasteiger partial charge is 0.0409 e. The van der Waals surface area contributed by atoms with Crippen molar-refractivity contribution in [1.82, 2.24) is 0 Å². The van der Waals surface area contributed by atoms with E-state index < -0.39 is 0 Å². The lowest BCUT2D eigenvalue weighted by Crippen LogP contribution is -2.20. The van der Waals surface area contributed by atoms with Gasteiger partial charge in [0.15, 0.2) is 0 Å². The normalized spacial score (nSPS) is 18.2. The Hall–Kier alpha value is 0. The summed E-state index contributed by atoms with van der Waals surface area (Å²) in [6, 6.07) is 0. The molecular formula is C30H62. The van der Waals surface area contributed by atoms with E-state index in [0.29, 0.717) is 0 Å². The van der Waals surface area contributed by atoms with Gasteiger partial charge in [-0.15, -0.1) is 0 Å². The molecule has 0 unspecified atom stereocenters. The van der Waals surface area contributed by atoms with Crippen LogP contribution in [0.5, 0.6) is 0 Å². The first kappa shape index (κ1) is 30.0. The molecule has 1 aliphatic carbocycles. The van der Waals surface area contributed by atoms with Gasteiger partial charge in [-0.2, -0.15) is 0 Å². The molecule has 0 heteroatoms. The minimum absolute atomic E-state index is 0.902. The average Bonchev–Trinajstić information content (AvgIpc) is 2.70. The molecule has 1 saturated carbocycles. The fourth-order valence-electron chi connectivity index (χ4n) is 4.91. The topological polar surface area (TPSA) is 0 Å². The van der Waals surface area contributed by atoms with Crippen molar-refractivity contribution in [3.63, 3.8) is 0 Å². The lowest BCUT2D eigenvalue weighted by Gasteiger charge is -2.32. The van der Waals surface area contributed by atoms with Crippen molar-refractivity contribution in [3.05, 3.63) is 0 Å².